The lowest BCUT2D eigenvalue weighted by molar-refractivity contribution is 1.48. The minimum absolute atomic E-state index is 0.906. The quantitative estimate of drug-likeness (QED) is 0.581. The smallest absolute Gasteiger partial charge is 0.0103 e. The molecule has 0 saturated carbocycles. The van der Waals surface area contributed by atoms with E-state index in [4.69, 9.17) is 0 Å². The zero-order valence-corrected chi connectivity index (χ0v) is 7.40. The summed E-state index contributed by atoms with van der Waals surface area (Å²) in [6, 6.07) is 0. The molecule has 0 aromatic heterocycles. The van der Waals surface area contributed by atoms with Gasteiger partial charge < -0.3 is 0 Å². The van der Waals surface area contributed by atoms with Crippen LogP contribution in [0.15, 0.2) is 34.9 Å². The first-order chi connectivity index (χ1) is 4.16. The maximum Gasteiger partial charge on any atom is 0.0103 e. The Morgan fingerprint density at radius 2 is 2.00 bits per heavy atom. The van der Waals surface area contributed by atoms with E-state index in [0.717, 1.165) is 4.48 Å². The summed E-state index contributed by atoms with van der Waals surface area (Å²) in [5.74, 6) is 0. The average Bonchev–Trinajstić information content (AvgIpc) is 1.83. The largest absolute Gasteiger partial charge is 0.0847 e. The van der Waals surface area contributed by atoms with E-state index >= 15 is 0 Å². The monoisotopic (exact) mass is 186 g/mol. The third-order valence-electron chi connectivity index (χ3n) is 0.982. The van der Waals surface area contributed by atoms with Crippen LogP contribution in [0.3, 0.4) is 0 Å². The zero-order valence-electron chi connectivity index (χ0n) is 5.82. The molecular weight excluding hydrogens is 176 g/mol. The Labute approximate surface area is 65.1 Å². The van der Waals surface area contributed by atoms with Crippen LogP contribution in [0.2, 0.25) is 0 Å². The molecule has 0 aliphatic heterocycles. The van der Waals surface area contributed by atoms with Crippen molar-refractivity contribution in [1.82, 2.24) is 0 Å². The van der Waals surface area contributed by atoms with Crippen LogP contribution < -0.4 is 0 Å². The van der Waals surface area contributed by atoms with Crippen molar-refractivity contribution in [3.05, 3.63) is 34.9 Å². The maximum atomic E-state index is 3.66. The zero-order chi connectivity index (χ0) is 7.28. The van der Waals surface area contributed by atoms with Gasteiger partial charge in [0.2, 0.25) is 0 Å². The maximum absolute atomic E-state index is 3.66. The molecule has 0 saturated heterocycles. The van der Waals surface area contributed by atoms with Crippen molar-refractivity contribution in [2.24, 2.45) is 0 Å². The summed E-state index contributed by atoms with van der Waals surface area (Å²) < 4.78 is 0.906. The fourth-order valence-electron chi connectivity index (χ4n) is 0.318. The Bertz CT molecular complexity index is 152. The van der Waals surface area contributed by atoms with Crippen LogP contribution in [-0.4, -0.2) is 0 Å². The first kappa shape index (κ1) is 8.70. The number of hydrogen-bond acceptors (Lipinski definition) is 0. The van der Waals surface area contributed by atoms with Gasteiger partial charge in [-0.3, -0.25) is 0 Å². The van der Waals surface area contributed by atoms with Gasteiger partial charge in [0.25, 0.3) is 0 Å². The summed E-state index contributed by atoms with van der Waals surface area (Å²) in [5.41, 5.74) is 1.25. The summed E-state index contributed by atoms with van der Waals surface area (Å²) in [4.78, 5) is 0. The van der Waals surface area contributed by atoms with E-state index in [1.165, 1.54) is 5.57 Å². The molecule has 1 heteroatoms. The van der Waals surface area contributed by atoms with Crippen molar-refractivity contribution >= 4 is 15.9 Å². The van der Waals surface area contributed by atoms with Crippen LogP contribution in [0.1, 0.15) is 13.8 Å². The predicted molar refractivity (Wildman–Crippen MR) is 46.6 cm³/mol. The highest BCUT2D eigenvalue weighted by Crippen LogP contribution is 2.04. The summed E-state index contributed by atoms with van der Waals surface area (Å²) in [7, 11) is 0. The summed E-state index contributed by atoms with van der Waals surface area (Å²) in [6.45, 7) is 7.72. The Balaban J connectivity index is 3.86. The molecule has 0 amide bonds. The van der Waals surface area contributed by atoms with Gasteiger partial charge in [-0.25, -0.2) is 0 Å². The Kier molecular flexibility index (Phi) is 4.41. The van der Waals surface area contributed by atoms with E-state index in [2.05, 4.69) is 22.5 Å². The van der Waals surface area contributed by atoms with Gasteiger partial charge in [0.15, 0.2) is 0 Å². The lowest BCUT2D eigenvalue weighted by Crippen LogP contribution is -1.63. The number of rotatable bonds is 2. The molecule has 0 bridgehead atoms. The molecule has 0 spiro atoms. The Morgan fingerprint density at radius 3 is 2.33 bits per heavy atom. The molecule has 0 aliphatic carbocycles. The van der Waals surface area contributed by atoms with Gasteiger partial charge in [-0.2, -0.15) is 0 Å². The topological polar surface area (TPSA) is 0 Å². The number of allylic oxidation sites excluding steroid dienone is 5. The second-order valence-corrected chi connectivity index (χ2v) is 2.83. The molecule has 0 atom stereocenters. The standard InChI is InChI=1S/C8H11Br/c1-4-7(2)5-6-8(3)9/h4-6H,3H2,1-2H3. The fourth-order valence-corrected chi connectivity index (χ4v) is 0.450. The van der Waals surface area contributed by atoms with Gasteiger partial charge >= 0.3 is 0 Å². The highest BCUT2D eigenvalue weighted by molar-refractivity contribution is 9.11. The normalized spacial score (nSPS) is 12.6. The molecule has 0 aromatic carbocycles. The predicted octanol–water partition coefficient (Wildman–Crippen LogP) is 3.42. The highest BCUT2D eigenvalue weighted by atomic mass is 79.9. The Morgan fingerprint density at radius 1 is 1.44 bits per heavy atom. The molecule has 9 heavy (non-hydrogen) atoms. The van der Waals surface area contributed by atoms with Crippen LogP contribution in [0.4, 0.5) is 0 Å². The van der Waals surface area contributed by atoms with Crippen molar-refractivity contribution in [3.8, 4) is 0 Å². The van der Waals surface area contributed by atoms with E-state index < -0.39 is 0 Å². The SMILES string of the molecule is C=C(Br)C=CC(C)=CC. The van der Waals surface area contributed by atoms with Gasteiger partial charge in [0.1, 0.15) is 0 Å². The van der Waals surface area contributed by atoms with E-state index in [9.17, 15) is 0 Å². The molecule has 0 radical (unpaired) electrons. The second-order valence-electron chi connectivity index (χ2n) is 1.81. The molecule has 0 fully saturated rings. The van der Waals surface area contributed by atoms with E-state index in [1.54, 1.807) is 0 Å². The molecule has 0 aromatic rings. The van der Waals surface area contributed by atoms with Crippen LogP contribution in [0.25, 0.3) is 0 Å². The molecule has 0 unspecified atom stereocenters. The minimum atomic E-state index is 0.906. The Hall–Kier alpha value is -0.300. The van der Waals surface area contributed by atoms with E-state index in [1.807, 2.05) is 32.1 Å². The molecule has 0 aliphatic rings. The molecular formula is C8H11Br. The van der Waals surface area contributed by atoms with Crippen molar-refractivity contribution in [3.63, 3.8) is 0 Å². The van der Waals surface area contributed by atoms with Crippen molar-refractivity contribution in [2.75, 3.05) is 0 Å². The van der Waals surface area contributed by atoms with Gasteiger partial charge in [-0.15, -0.1) is 0 Å². The minimum Gasteiger partial charge on any atom is -0.0847 e. The van der Waals surface area contributed by atoms with E-state index in [0.29, 0.717) is 0 Å². The van der Waals surface area contributed by atoms with Gasteiger partial charge in [-0.05, 0) is 19.9 Å². The highest BCUT2D eigenvalue weighted by Gasteiger charge is 1.77. The summed E-state index contributed by atoms with van der Waals surface area (Å²) in [5, 5.41) is 0. The number of halogens is 1. The van der Waals surface area contributed by atoms with Gasteiger partial charge in [0.05, 0.1) is 0 Å². The van der Waals surface area contributed by atoms with Crippen LogP contribution in [0.5, 0.6) is 0 Å². The van der Waals surface area contributed by atoms with Gasteiger partial charge in [-0.1, -0.05) is 40.2 Å². The molecule has 0 N–H and O–H groups in total. The average molecular weight is 187 g/mol. The third-order valence-corrected chi connectivity index (χ3v) is 1.25. The number of hydrogen-bond donors (Lipinski definition) is 0. The van der Waals surface area contributed by atoms with Crippen molar-refractivity contribution < 1.29 is 0 Å². The van der Waals surface area contributed by atoms with Crippen LogP contribution in [0, 0.1) is 0 Å². The lowest BCUT2D eigenvalue weighted by atomic mass is 10.3. The van der Waals surface area contributed by atoms with Crippen molar-refractivity contribution in [2.45, 2.75) is 13.8 Å². The summed E-state index contributed by atoms with van der Waals surface area (Å²) >= 11 is 3.22. The summed E-state index contributed by atoms with van der Waals surface area (Å²) in [6.07, 6.45) is 5.98. The van der Waals surface area contributed by atoms with Crippen LogP contribution in [-0.2, 0) is 0 Å². The molecule has 0 nitrogen and oxygen atoms in total. The van der Waals surface area contributed by atoms with Crippen molar-refractivity contribution in [1.29, 1.82) is 0 Å². The fraction of sp³-hybridized carbons (Fsp3) is 0.250. The lowest BCUT2D eigenvalue weighted by Gasteiger charge is -1.85. The van der Waals surface area contributed by atoms with E-state index in [-0.39, 0.29) is 0 Å². The molecule has 50 valence electrons. The van der Waals surface area contributed by atoms with Crippen LogP contribution >= 0.6 is 15.9 Å². The first-order valence-electron chi connectivity index (χ1n) is 2.82. The molecule has 0 heterocycles. The molecule has 0 rings (SSSR count). The second kappa shape index (κ2) is 4.57. The first-order valence-corrected chi connectivity index (χ1v) is 3.61. The third kappa shape index (κ3) is 5.57. The van der Waals surface area contributed by atoms with Gasteiger partial charge in [0, 0.05) is 4.48 Å².